The largest absolute Gasteiger partial charge is 0.496 e. The first-order chi connectivity index (χ1) is 15.3. The van der Waals surface area contributed by atoms with Gasteiger partial charge in [0.2, 0.25) is 11.9 Å². The molecule has 0 saturated carbocycles. The van der Waals surface area contributed by atoms with Crippen molar-refractivity contribution < 1.29 is 14.3 Å². The Morgan fingerprint density at radius 2 is 2.00 bits per heavy atom. The first kappa shape index (κ1) is 21.6. The van der Waals surface area contributed by atoms with Crippen LogP contribution in [0.2, 0.25) is 0 Å². The first-order valence-corrected chi connectivity index (χ1v) is 10.5. The van der Waals surface area contributed by atoms with Crippen molar-refractivity contribution in [1.82, 2.24) is 25.2 Å². The maximum Gasteiger partial charge on any atom is 0.317 e. The maximum absolute atomic E-state index is 13.4. The molecular formula is C21H28N8O3. The van der Waals surface area contributed by atoms with Crippen molar-refractivity contribution >= 4 is 29.4 Å². The molecule has 2 aliphatic heterocycles. The average molecular weight is 441 g/mol. The molecule has 0 unspecified atom stereocenters. The van der Waals surface area contributed by atoms with E-state index >= 15 is 0 Å². The Balaban J connectivity index is 1.66. The topological polar surface area (TPSA) is 130 Å². The first-order valence-electron chi connectivity index (χ1n) is 10.5. The number of anilines is 3. The van der Waals surface area contributed by atoms with Gasteiger partial charge in [-0.15, -0.1) is 0 Å². The molecule has 2 aromatic rings. The second kappa shape index (κ2) is 8.48. The highest BCUT2D eigenvalue weighted by atomic mass is 16.5. The van der Waals surface area contributed by atoms with E-state index in [4.69, 9.17) is 10.5 Å². The lowest BCUT2D eigenvalue weighted by molar-refractivity contribution is -0.120. The third-order valence-corrected chi connectivity index (χ3v) is 6.03. The monoisotopic (exact) mass is 440 g/mol. The SMILES string of the molecule is COc1c(C)cnc(CN2c3nc(N)ncc3N(CCN3CCNC3=O)C(=O)[C@H]2C)c1C. The van der Waals surface area contributed by atoms with Gasteiger partial charge in [-0.25, -0.2) is 9.78 Å². The van der Waals surface area contributed by atoms with Crippen LogP contribution in [0.4, 0.5) is 22.2 Å². The number of carbonyl (C=O) groups is 2. The summed E-state index contributed by atoms with van der Waals surface area (Å²) in [6, 6.07) is -0.620. The number of hydrogen-bond donors (Lipinski definition) is 2. The number of pyridine rings is 1. The van der Waals surface area contributed by atoms with Crippen molar-refractivity contribution in [2.75, 3.05) is 48.8 Å². The molecular weight excluding hydrogens is 412 g/mol. The number of fused-ring (bicyclic) bond motifs is 1. The lowest BCUT2D eigenvalue weighted by atomic mass is 10.1. The summed E-state index contributed by atoms with van der Waals surface area (Å²) in [4.78, 5) is 43.6. The average Bonchev–Trinajstić information content (AvgIpc) is 3.18. The summed E-state index contributed by atoms with van der Waals surface area (Å²) in [6.07, 6.45) is 3.33. The zero-order chi connectivity index (χ0) is 23.0. The standard InChI is InChI=1S/C21H28N8O3/c1-12-9-24-15(13(2)17(12)32-4)11-29-14(3)19(30)28(8-7-27-6-5-23-21(27)31)16-10-25-20(22)26-18(16)29/h9-10,14H,5-8,11H2,1-4H3,(H,23,31)(H2,22,25,26)/t14-/m1/s1. The lowest BCUT2D eigenvalue weighted by Crippen LogP contribution is -2.54. The Kier molecular flexibility index (Phi) is 5.72. The molecule has 1 saturated heterocycles. The number of amides is 3. The van der Waals surface area contributed by atoms with Crippen LogP contribution in [0.15, 0.2) is 12.4 Å². The number of nitrogens with one attached hydrogen (secondary N) is 1. The molecule has 4 rings (SSSR count). The van der Waals surface area contributed by atoms with Gasteiger partial charge in [-0.1, -0.05) is 0 Å². The van der Waals surface area contributed by atoms with Crippen molar-refractivity contribution in [3.8, 4) is 5.75 Å². The van der Waals surface area contributed by atoms with Crippen LogP contribution < -0.4 is 25.6 Å². The van der Waals surface area contributed by atoms with Crippen molar-refractivity contribution in [1.29, 1.82) is 0 Å². The zero-order valence-electron chi connectivity index (χ0n) is 18.8. The van der Waals surface area contributed by atoms with E-state index in [2.05, 4.69) is 20.3 Å². The molecule has 0 bridgehead atoms. The summed E-state index contributed by atoms with van der Waals surface area (Å²) in [6.45, 7) is 8.09. The molecule has 170 valence electrons. The highest BCUT2D eigenvalue weighted by molar-refractivity contribution is 6.04. The van der Waals surface area contributed by atoms with Crippen LogP contribution in [0, 0.1) is 13.8 Å². The van der Waals surface area contributed by atoms with Crippen LogP contribution in [-0.2, 0) is 11.3 Å². The molecule has 0 spiro atoms. The predicted octanol–water partition coefficient (Wildman–Crippen LogP) is 0.846. The summed E-state index contributed by atoms with van der Waals surface area (Å²) in [5, 5.41) is 2.77. The van der Waals surface area contributed by atoms with Crippen LogP contribution in [0.25, 0.3) is 0 Å². The number of aromatic nitrogens is 3. The fourth-order valence-electron chi connectivity index (χ4n) is 4.22. The summed E-state index contributed by atoms with van der Waals surface area (Å²) >= 11 is 0. The van der Waals surface area contributed by atoms with Crippen LogP contribution in [0.3, 0.4) is 0 Å². The third kappa shape index (κ3) is 3.74. The van der Waals surface area contributed by atoms with E-state index in [0.29, 0.717) is 44.2 Å². The summed E-state index contributed by atoms with van der Waals surface area (Å²) in [5.41, 5.74) is 9.12. The van der Waals surface area contributed by atoms with E-state index in [1.165, 1.54) is 0 Å². The highest BCUT2D eigenvalue weighted by Crippen LogP contribution is 2.36. The lowest BCUT2D eigenvalue weighted by Gasteiger charge is -2.40. The van der Waals surface area contributed by atoms with Gasteiger partial charge in [0.05, 0.1) is 25.5 Å². The van der Waals surface area contributed by atoms with Gasteiger partial charge in [0.15, 0.2) is 5.82 Å². The molecule has 3 N–H and O–H groups in total. The van der Waals surface area contributed by atoms with E-state index in [-0.39, 0.29) is 17.9 Å². The smallest absolute Gasteiger partial charge is 0.317 e. The normalized spacial score (nSPS) is 18.1. The zero-order valence-corrected chi connectivity index (χ0v) is 18.8. The molecule has 2 aliphatic rings. The quantitative estimate of drug-likeness (QED) is 0.676. The number of nitrogens with zero attached hydrogens (tertiary/aromatic N) is 6. The second-order valence-electron chi connectivity index (χ2n) is 8.00. The summed E-state index contributed by atoms with van der Waals surface area (Å²) in [7, 11) is 1.63. The Bertz CT molecular complexity index is 1060. The molecule has 4 heterocycles. The Labute approximate surface area is 186 Å². The number of methoxy groups -OCH3 is 1. The molecule has 1 atom stereocenters. The summed E-state index contributed by atoms with van der Waals surface area (Å²) < 4.78 is 5.53. The number of aryl methyl sites for hydroxylation is 1. The minimum absolute atomic E-state index is 0.0952. The van der Waals surface area contributed by atoms with Crippen LogP contribution in [0.1, 0.15) is 23.7 Å². The molecule has 1 fully saturated rings. The van der Waals surface area contributed by atoms with Crippen LogP contribution in [0.5, 0.6) is 5.75 Å². The second-order valence-corrected chi connectivity index (χ2v) is 8.00. The van der Waals surface area contributed by atoms with Gasteiger partial charge < -0.3 is 30.5 Å². The van der Waals surface area contributed by atoms with Gasteiger partial charge in [0.1, 0.15) is 17.5 Å². The number of nitrogen functional groups attached to an aromatic ring is 1. The Morgan fingerprint density at radius 3 is 2.69 bits per heavy atom. The van der Waals surface area contributed by atoms with E-state index in [0.717, 1.165) is 22.6 Å². The molecule has 0 aromatic carbocycles. The Morgan fingerprint density at radius 1 is 1.22 bits per heavy atom. The predicted molar refractivity (Wildman–Crippen MR) is 120 cm³/mol. The minimum Gasteiger partial charge on any atom is -0.496 e. The highest BCUT2D eigenvalue weighted by Gasteiger charge is 2.38. The molecule has 0 aliphatic carbocycles. The number of carbonyl (C=O) groups excluding carboxylic acids is 2. The molecule has 11 heteroatoms. The van der Waals surface area contributed by atoms with Gasteiger partial charge in [-0.3, -0.25) is 9.78 Å². The van der Waals surface area contributed by atoms with Crippen molar-refractivity contribution in [2.24, 2.45) is 0 Å². The van der Waals surface area contributed by atoms with Gasteiger partial charge in [0, 0.05) is 43.5 Å². The van der Waals surface area contributed by atoms with Gasteiger partial charge >= 0.3 is 6.03 Å². The number of urea groups is 1. The number of hydrogen-bond acceptors (Lipinski definition) is 8. The number of rotatable bonds is 6. The van der Waals surface area contributed by atoms with Gasteiger partial charge in [-0.2, -0.15) is 4.98 Å². The molecule has 32 heavy (non-hydrogen) atoms. The number of ether oxygens (including phenoxy) is 1. The molecule has 2 aromatic heterocycles. The van der Waals surface area contributed by atoms with Crippen molar-refractivity contribution in [2.45, 2.75) is 33.4 Å². The third-order valence-electron chi connectivity index (χ3n) is 6.03. The Hall–Kier alpha value is -3.63. The molecule has 0 radical (unpaired) electrons. The van der Waals surface area contributed by atoms with Gasteiger partial charge in [0.25, 0.3) is 0 Å². The van der Waals surface area contributed by atoms with Gasteiger partial charge in [-0.05, 0) is 20.8 Å². The van der Waals surface area contributed by atoms with E-state index < -0.39 is 6.04 Å². The van der Waals surface area contributed by atoms with E-state index in [1.807, 2.05) is 25.7 Å². The van der Waals surface area contributed by atoms with Crippen molar-refractivity contribution in [3.05, 3.63) is 29.2 Å². The minimum atomic E-state index is -0.502. The summed E-state index contributed by atoms with van der Waals surface area (Å²) in [5.74, 6) is 1.37. The van der Waals surface area contributed by atoms with E-state index in [1.54, 1.807) is 29.3 Å². The van der Waals surface area contributed by atoms with Crippen LogP contribution in [-0.4, -0.2) is 71.1 Å². The maximum atomic E-state index is 13.4. The van der Waals surface area contributed by atoms with E-state index in [9.17, 15) is 9.59 Å². The van der Waals surface area contributed by atoms with Crippen LogP contribution >= 0.6 is 0 Å². The molecule has 3 amide bonds. The molecule has 11 nitrogen and oxygen atoms in total. The van der Waals surface area contributed by atoms with Crippen molar-refractivity contribution in [3.63, 3.8) is 0 Å². The fraction of sp³-hybridized carbons (Fsp3) is 0.476. The fourth-order valence-corrected chi connectivity index (χ4v) is 4.22. The number of nitrogens with two attached hydrogens (primary N) is 1.